The highest BCUT2D eigenvalue weighted by molar-refractivity contribution is 5.96. The Morgan fingerprint density at radius 1 is 1.21 bits per heavy atom. The second-order valence-corrected chi connectivity index (χ2v) is 9.53. The van der Waals surface area contributed by atoms with Gasteiger partial charge in [0.1, 0.15) is 0 Å². The van der Waals surface area contributed by atoms with Gasteiger partial charge in [0, 0.05) is 11.0 Å². The van der Waals surface area contributed by atoms with Gasteiger partial charge >= 0.3 is 0 Å². The topological polar surface area (TPSA) is 37.3 Å². The van der Waals surface area contributed by atoms with E-state index in [0.29, 0.717) is 17.8 Å². The Morgan fingerprint density at radius 3 is 2.67 bits per heavy atom. The van der Waals surface area contributed by atoms with Gasteiger partial charge in [0.25, 0.3) is 0 Å². The minimum Gasteiger partial charge on any atom is -0.393 e. The molecule has 0 aliphatic heterocycles. The van der Waals surface area contributed by atoms with Gasteiger partial charge in [-0.2, -0.15) is 0 Å². The van der Waals surface area contributed by atoms with Crippen LogP contribution in [0.15, 0.2) is 22.8 Å². The van der Waals surface area contributed by atoms with E-state index in [2.05, 4.69) is 26.8 Å². The first-order chi connectivity index (χ1) is 11.3. The van der Waals surface area contributed by atoms with Crippen LogP contribution in [-0.4, -0.2) is 17.0 Å². The Balaban J connectivity index is 1.72. The van der Waals surface area contributed by atoms with E-state index in [0.717, 1.165) is 37.7 Å². The number of rotatable bonds is 1. The Kier molecular flexibility index (Phi) is 3.66. The maximum atomic E-state index is 12.3. The second kappa shape index (κ2) is 5.30. The van der Waals surface area contributed by atoms with Crippen LogP contribution in [0.3, 0.4) is 0 Å². The van der Waals surface area contributed by atoms with E-state index in [-0.39, 0.29) is 22.7 Å². The largest absolute Gasteiger partial charge is 0.393 e. The number of hydrogen-bond acceptors (Lipinski definition) is 2. The van der Waals surface area contributed by atoms with Crippen molar-refractivity contribution in [1.29, 1.82) is 0 Å². The van der Waals surface area contributed by atoms with Crippen LogP contribution in [0.5, 0.6) is 0 Å². The van der Waals surface area contributed by atoms with Crippen molar-refractivity contribution in [2.75, 3.05) is 0 Å². The molecule has 0 amide bonds. The number of aliphatic hydroxyl groups is 1. The zero-order valence-electron chi connectivity index (χ0n) is 15.7. The lowest BCUT2D eigenvalue weighted by Gasteiger charge is -2.56. The summed E-state index contributed by atoms with van der Waals surface area (Å²) in [5.41, 5.74) is 4.51. The van der Waals surface area contributed by atoms with Crippen LogP contribution in [0.2, 0.25) is 0 Å². The van der Waals surface area contributed by atoms with Crippen molar-refractivity contribution in [1.82, 2.24) is 0 Å². The number of Topliss-reactive ketones (excluding diaryl/α,β-unsaturated/α-hetero) is 1. The molecular formula is C22H32O2. The highest BCUT2D eigenvalue weighted by Crippen LogP contribution is 2.65. The van der Waals surface area contributed by atoms with Crippen LogP contribution in [0.1, 0.15) is 72.6 Å². The summed E-state index contributed by atoms with van der Waals surface area (Å²) >= 11 is 0. The molecule has 1 N–H and O–H groups in total. The van der Waals surface area contributed by atoms with Crippen molar-refractivity contribution in [3.05, 3.63) is 22.8 Å². The molecule has 0 spiro atoms. The lowest BCUT2D eigenvalue weighted by atomic mass is 9.48. The summed E-state index contributed by atoms with van der Waals surface area (Å²) in [6.07, 6.45) is 10.1. The van der Waals surface area contributed by atoms with Crippen molar-refractivity contribution in [2.45, 2.75) is 78.7 Å². The second-order valence-electron chi connectivity index (χ2n) is 9.53. The number of ketones is 1. The predicted octanol–water partition coefficient (Wildman–Crippen LogP) is 4.83. The summed E-state index contributed by atoms with van der Waals surface area (Å²) in [5, 5.41) is 10.1. The minimum atomic E-state index is -0.0891. The van der Waals surface area contributed by atoms with Crippen LogP contribution >= 0.6 is 0 Å². The van der Waals surface area contributed by atoms with E-state index in [1.54, 1.807) is 12.5 Å². The fraction of sp³-hybridized carbons (Fsp3) is 0.773. The van der Waals surface area contributed by atoms with E-state index < -0.39 is 0 Å². The molecular weight excluding hydrogens is 296 g/mol. The van der Waals surface area contributed by atoms with Gasteiger partial charge in [-0.3, -0.25) is 4.79 Å². The molecule has 24 heavy (non-hydrogen) atoms. The van der Waals surface area contributed by atoms with Gasteiger partial charge < -0.3 is 5.11 Å². The van der Waals surface area contributed by atoms with Crippen molar-refractivity contribution in [3.63, 3.8) is 0 Å². The first kappa shape index (κ1) is 16.6. The maximum Gasteiger partial charge on any atom is 0.156 e. The summed E-state index contributed by atoms with van der Waals surface area (Å²) in [4.78, 5) is 12.3. The molecule has 0 heterocycles. The molecule has 0 aromatic carbocycles. The summed E-state index contributed by atoms with van der Waals surface area (Å²) in [6.45, 7) is 8.75. The third-order valence-corrected chi connectivity index (χ3v) is 8.27. The molecule has 0 unspecified atom stereocenters. The number of hydrogen-bond donors (Lipinski definition) is 1. The third kappa shape index (κ3) is 2.08. The van der Waals surface area contributed by atoms with Crippen molar-refractivity contribution >= 4 is 5.78 Å². The molecule has 132 valence electrons. The first-order valence-corrected chi connectivity index (χ1v) is 9.87. The van der Waals surface area contributed by atoms with E-state index in [9.17, 15) is 9.90 Å². The Morgan fingerprint density at radius 2 is 1.96 bits per heavy atom. The van der Waals surface area contributed by atoms with Crippen molar-refractivity contribution in [3.8, 4) is 0 Å². The molecule has 0 saturated heterocycles. The molecule has 2 nitrogen and oxygen atoms in total. The molecule has 6 atom stereocenters. The molecule has 4 aliphatic carbocycles. The number of aliphatic hydroxyl groups excluding tert-OH is 1. The highest BCUT2D eigenvalue weighted by atomic mass is 16.3. The van der Waals surface area contributed by atoms with Crippen LogP contribution < -0.4 is 0 Å². The standard InChI is InChI=1S/C22H32O2/c1-13-11-19-17-6-5-15-12-16(24)7-9-21(15,3)18(17)8-10-22(19,4)20(13)14(2)23/h8,15-17,19,24H,5-7,9-12H2,1-4H3/t15-,16-,17+,19-,21-,22-/m0/s1. The fourth-order valence-electron chi connectivity index (χ4n) is 7.15. The van der Waals surface area contributed by atoms with Gasteiger partial charge in [-0.15, -0.1) is 0 Å². The highest BCUT2D eigenvalue weighted by Gasteiger charge is 2.56. The Labute approximate surface area is 146 Å². The zero-order chi connectivity index (χ0) is 17.3. The smallest absolute Gasteiger partial charge is 0.156 e. The summed E-state index contributed by atoms with van der Waals surface area (Å²) in [7, 11) is 0. The van der Waals surface area contributed by atoms with Gasteiger partial charge in [-0.25, -0.2) is 0 Å². The van der Waals surface area contributed by atoms with E-state index in [1.807, 2.05) is 0 Å². The SMILES string of the molecule is CC(=O)C1=C(C)C[C@H]2[C@@H]3CC[C@H]4C[C@@H](O)CC[C@]4(C)C3=CC[C@]12C. The van der Waals surface area contributed by atoms with Gasteiger partial charge in [-0.1, -0.05) is 31.1 Å². The molecule has 0 radical (unpaired) electrons. The van der Waals surface area contributed by atoms with E-state index in [1.165, 1.54) is 18.4 Å². The third-order valence-electron chi connectivity index (χ3n) is 8.27. The quantitative estimate of drug-likeness (QED) is 0.700. The monoisotopic (exact) mass is 328 g/mol. The van der Waals surface area contributed by atoms with Gasteiger partial charge in [0.2, 0.25) is 0 Å². The van der Waals surface area contributed by atoms with Gasteiger partial charge in [0.05, 0.1) is 6.10 Å². The van der Waals surface area contributed by atoms with Crippen LogP contribution in [0, 0.1) is 28.6 Å². The van der Waals surface area contributed by atoms with Crippen LogP contribution in [0.4, 0.5) is 0 Å². The molecule has 2 heteroatoms. The average Bonchev–Trinajstić information content (AvgIpc) is 2.78. The van der Waals surface area contributed by atoms with Crippen LogP contribution in [0.25, 0.3) is 0 Å². The molecule has 0 aromatic rings. The number of fused-ring (bicyclic) bond motifs is 5. The number of allylic oxidation sites excluding steroid dienone is 4. The van der Waals surface area contributed by atoms with Gasteiger partial charge in [-0.05, 0) is 82.0 Å². The van der Waals surface area contributed by atoms with Gasteiger partial charge in [0.15, 0.2) is 5.78 Å². The molecule has 0 bridgehead atoms. The zero-order valence-corrected chi connectivity index (χ0v) is 15.7. The normalized spacial score (nSPS) is 47.6. The average molecular weight is 328 g/mol. The Hall–Kier alpha value is -0.890. The number of carbonyl (C=O) groups is 1. The molecule has 4 rings (SSSR count). The van der Waals surface area contributed by atoms with Crippen LogP contribution in [-0.2, 0) is 4.79 Å². The minimum absolute atomic E-state index is 0.0570. The number of carbonyl (C=O) groups excluding carboxylic acids is 1. The molecule has 0 aromatic heterocycles. The lowest BCUT2D eigenvalue weighted by molar-refractivity contribution is -0.115. The predicted molar refractivity (Wildman–Crippen MR) is 96.5 cm³/mol. The fourth-order valence-corrected chi connectivity index (χ4v) is 7.15. The summed E-state index contributed by atoms with van der Waals surface area (Å²) < 4.78 is 0. The van der Waals surface area contributed by atoms with E-state index in [4.69, 9.17) is 0 Å². The lowest BCUT2D eigenvalue weighted by Crippen LogP contribution is -2.48. The Bertz CT molecular complexity index is 642. The summed E-state index contributed by atoms with van der Waals surface area (Å²) in [6, 6.07) is 0. The first-order valence-electron chi connectivity index (χ1n) is 9.87. The molecule has 2 saturated carbocycles. The van der Waals surface area contributed by atoms with Crippen molar-refractivity contribution in [2.24, 2.45) is 28.6 Å². The molecule has 4 aliphatic rings. The molecule has 2 fully saturated rings. The maximum absolute atomic E-state index is 12.3. The van der Waals surface area contributed by atoms with Crippen molar-refractivity contribution < 1.29 is 9.90 Å². The summed E-state index contributed by atoms with van der Waals surface area (Å²) in [5.74, 6) is 2.19. The van der Waals surface area contributed by atoms with E-state index >= 15 is 0 Å².